The summed E-state index contributed by atoms with van der Waals surface area (Å²) < 4.78 is 28.8. The molecule has 1 aromatic carbocycles. The van der Waals surface area contributed by atoms with Crippen LogP contribution in [0.4, 0.5) is 5.69 Å². The Balaban J connectivity index is 2.03. The fourth-order valence-corrected chi connectivity index (χ4v) is 3.04. The quantitative estimate of drug-likeness (QED) is 0.889. The van der Waals surface area contributed by atoms with Crippen LogP contribution in [-0.4, -0.2) is 33.4 Å². The second-order valence-electron chi connectivity index (χ2n) is 4.66. The van der Waals surface area contributed by atoms with Gasteiger partial charge in [-0.25, -0.2) is 8.42 Å². The van der Waals surface area contributed by atoms with Gasteiger partial charge in [0, 0.05) is 18.9 Å². The van der Waals surface area contributed by atoms with Crippen molar-refractivity contribution in [1.82, 2.24) is 0 Å². The lowest BCUT2D eigenvalue weighted by Gasteiger charge is -2.36. The van der Waals surface area contributed by atoms with Crippen LogP contribution in [0.5, 0.6) is 0 Å². The number of benzene rings is 1. The van der Waals surface area contributed by atoms with E-state index in [0.29, 0.717) is 22.7 Å². The topological polar surface area (TPSA) is 55.4 Å². The Bertz CT molecular complexity index is 507. The number of nitrogens with one attached hydrogen (secondary N) is 1. The van der Waals surface area contributed by atoms with Crippen LogP contribution in [0.15, 0.2) is 29.2 Å². The maximum absolute atomic E-state index is 11.6. The fraction of sp³-hybridized carbons (Fsp3) is 0.538. The van der Waals surface area contributed by atoms with Crippen molar-refractivity contribution in [3.8, 4) is 0 Å². The molecule has 0 atom stereocenters. The lowest BCUT2D eigenvalue weighted by atomic mass is 9.89. The summed E-state index contributed by atoms with van der Waals surface area (Å²) in [5.74, 6) is 0. The average Bonchev–Trinajstić information content (AvgIpc) is 2.25. The third-order valence-electron chi connectivity index (χ3n) is 3.14. The minimum absolute atomic E-state index is 0.310. The number of ether oxygens (including phenoxy) is 1. The Morgan fingerprint density at radius 3 is 2.61 bits per heavy atom. The molecule has 4 nitrogen and oxygen atoms in total. The van der Waals surface area contributed by atoms with E-state index in [4.69, 9.17) is 4.74 Å². The molecule has 1 fully saturated rings. The Morgan fingerprint density at radius 2 is 2.00 bits per heavy atom. The monoisotopic (exact) mass is 269 g/mol. The molecule has 1 saturated carbocycles. The number of hydrogen-bond acceptors (Lipinski definition) is 4. The number of anilines is 1. The standard InChI is InChI=1S/C13H19NO3S/c1-3-17-11-8-10(9-11)14-12-6-4-5-7-13(12)18(2,15)16/h4-7,10-11,14H,3,8-9H2,1-2H3. The summed E-state index contributed by atoms with van der Waals surface area (Å²) in [6.07, 6.45) is 3.42. The van der Waals surface area contributed by atoms with Gasteiger partial charge >= 0.3 is 0 Å². The predicted octanol–water partition coefficient (Wildman–Crippen LogP) is 2.07. The molecule has 0 bridgehead atoms. The Morgan fingerprint density at radius 1 is 1.33 bits per heavy atom. The Kier molecular flexibility index (Phi) is 3.92. The molecule has 0 aliphatic heterocycles. The average molecular weight is 269 g/mol. The molecular weight excluding hydrogens is 250 g/mol. The van der Waals surface area contributed by atoms with Crippen molar-refractivity contribution in [3.05, 3.63) is 24.3 Å². The Hall–Kier alpha value is -1.07. The summed E-state index contributed by atoms with van der Waals surface area (Å²) in [4.78, 5) is 0.366. The van der Waals surface area contributed by atoms with Crippen LogP contribution in [0, 0.1) is 0 Å². The van der Waals surface area contributed by atoms with E-state index >= 15 is 0 Å². The number of sulfone groups is 1. The highest BCUT2D eigenvalue weighted by atomic mass is 32.2. The van der Waals surface area contributed by atoms with Crippen molar-refractivity contribution in [1.29, 1.82) is 0 Å². The van der Waals surface area contributed by atoms with Gasteiger partial charge in [0.25, 0.3) is 0 Å². The second kappa shape index (κ2) is 5.28. The molecule has 5 heteroatoms. The van der Waals surface area contributed by atoms with Crippen LogP contribution >= 0.6 is 0 Å². The van der Waals surface area contributed by atoms with Gasteiger partial charge in [0.1, 0.15) is 0 Å². The van der Waals surface area contributed by atoms with Gasteiger partial charge in [-0.05, 0) is 31.9 Å². The minimum Gasteiger partial charge on any atom is -0.381 e. The van der Waals surface area contributed by atoms with Gasteiger partial charge in [-0.3, -0.25) is 0 Å². The van der Waals surface area contributed by atoms with E-state index in [1.54, 1.807) is 12.1 Å². The largest absolute Gasteiger partial charge is 0.381 e. The van der Waals surface area contributed by atoms with Gasteiger partial charge in [0.15, 0.2) is 9.84 Å². The highest BCUT2D eigenvalue weighted by molar-refractivity contribution is 7.90. The highest BCUT2D eigenvalue weighted by Crippen LogP contribution is 2.29. The van der Waals surface area contributed by atoms with E-state index < -0.39 is 9.84 Å². The maximum Gasteiger partial charge on any atom is 0.177 e. The molecule has 1 aliphatic rings. The molecule has 0 radical (unpaired) electrons. The summed E-state index contributed by atoms with van der Waals surface area (Å²) in [7, 11) is -3.18. The maximum atomic E-state index is 11.6. The third-order valence-corrected chi connectivity index (χ3v) is 4.30. The summed E-state index contributed by atoms with van der Waals surface area (Å²) in [6, 6.07) is 7.34. The van der Waals surface area contributed by atoms with Crippen LogP contribution in [-0.2, 0) is 14.6 Å². The molecular formula is C13H19NO3S. The molecule has 1 N–H and O–H groups in total. The smallest absolute Gasteiger partial charge is 0.177 e. The molecule has 18 heavy (non-hydrogen) atoms. The van der Waals surface area contributed by atoms with Crippen LogP contribution in [0.2, 0.25) is 0 Å². The number of hydrogen-bond donors (Lipinski definition) is 1. The van der Waals surface area contributed by atoms with E-state index in [1.165, 1.54) is 6.26 Å². The lowest BCUT2D eigenvalue weighted by molar-refractivity contribution is 0.00295. The highest BCUT2D eigenvalue weighted by Gasteiger charge is 2.30. The summed E-state index contributed by atoms with van der Waals surface area (Å²) >= 11 is 0. The molecule has 1 aromatic rings. The van der Waals surface area contributed by atoms with E-state index in [9.17, 15) is 8.42 Å². The predicted molar refractivity (Wildman–Crippen MR) is 71.6 cm³/mol. The molecule has 2 rings (SSSR count). The van der Waals surface area contributed by atoms with Crippen molar-refractivity contribution >= 4 is 15.5 Å². The summed E-state index contributed by atoms with van der Waals surface area (Å²) in [5.41, 5.74) is 0.694. The van der Waals surface area contributed by atoms with Gasteiger partial charge in [-0.2, -0.15) is 0 Å². The number of para-hydroxylation sites is 1. The zero-order chi connectivity index (χ0) is 13.2. The fourth-order valence-electron chi connectivity index (χ4n) is 2.18. The lowest BCUT2D eigenvalue weighted by Crippen LogP contribution is -2.41. The first-order chi connectivity index (χ1) is 8.50. The van der Waals surface area contributed by atoms with Crippen LogP contribution in [0.3, 0.4) is 0 Å². The van der Waals surface area contributed by atoms with E-state index in [-0.39, 0.29) is 0 Å². The van der Waals surface area contributed by atoms with Gasteiger partial charge in [-0.15, -0.1) is 0 Å². The molecule has 0 spiro atoms. The third kappa shape index (κ3) is 3.03. The van der Waals surface area contributed by atoms with Crippen molar-refractivity contribution in [2.24, 2.45) is 0 Å². The van der Waals surface area contributed by atoms with Gasteiger partial charge in [0.05, 0.1) is 16.7 Å². The normalized spacial score (nSPS) is 23.4. The summed E-state index contributed by atoms with van der Waals surface area (Å²) in [5, 5.41) is 3.28. The van der Waals surface area contributed by atoms with Gasteiger partial charge in [-0.1, -0.05) is 12.1 Å². The summed E-state index contributed by atoms with van der Waals surface area (Å²) in [6.45, 7) is 2.72. The first-order valence-electron chi connectivity index (χ1n) is 6.18. The molecule has 0 amide bonds. The minimum atomic E-state index is -3.18. The van der Waals surface area contributed by atoms with Crippen LogP contribution in [0.25, 0.3) is 0 Å². The second-order valence-corrected chi connectivity index (χ2v) is 6.64. The van der Waals surface area contributed by atoms with E-state index in [2.05, 4.69) is 5.32 Å². The van der Waals surface area contributed by atoms with E-state index in [1.807, 2.05) is 19.1 Å². The number of rotatable bonds is 5. The molecule has 100 valence electrons. The van der Waals surface area contributed by atoms with Gasteiger partial charge in [0.2, 0.25) is 0 Å². The zero-order valence-corrected chi connectivity index (χ0v) is 11.5. The van der Waals surface area contributed by atoms with Crippen molar-refractivity contribution < 1.29 is 13.2 Å². The molecule has 0 heterocycles. The van der Waals surface area contributed by atoms with Crippen molar-refractivity contribution in [2.45, 2.75) is 36.8 Å². The Labute approximate surface area is 108 Å². The molecule has 1 aliphatic carbocycles. The molecule has 0 aromatic heterocycles. The van der Waals surface area contributed by atoms with Crippen molar-refractivity contribution in [2.75, 3.05) is 18.2 Å². The van der Waals surface area contributed by atoms with Crippen LogP contribution in [0.1, 0.15) is 19.8 Å². The first-order valence-corrected chi connectivity index (χ1v) is 8.07. The molecule has 0 unspecified atom stereocenters. The van der Waals surface area contributed by atoms with Crippen molar-refractivity contribution in [3.63, 3.8) is 0 Å². The first kappa shape index (κ1) is 13.4. The SMILES string of the molecule is CCOC1CC(Nc2ccccc2S(C)(=O)=O)C1. The van der Waals surface area contributed by atoms with Gasteiger partial charge < -0.3 is 10.1 Å². The van der Waals surface area contributed by atoms with E-state index in [0.717, 1.165) is 19.4 Å². The molecule has 0 saturated heterocycles. The zero-order valence-electron chi connectivity index (χ0n) is 10.7. The van der Waals surface area contributed by atoms with Crippen LogP contribution < -0.4 is 5.32 Å².